The summed E-state index contributed by atoms with van der Waals surface area (Å²) in [5.74, 6) is 1.09. The Kier molecular flexibility index (Phi) is 6.63. The lowest BCUT2D eigenvalue weighted by Gasteiger charge is -2.34. The summed E-state index contributed by atoms with van der Waals surface area (Å²) in [6.45, 7) is 0. The Bertz CT molecular complexity index is 474. The second kappa shape index (κ2) is 8.47. The first kappa shape index (κ1) is 17.2. The highest BCUT2D eigenvalue weighted by Gasteiger charge is 2.26. The molecule has 0 spiro atoms. The van der Waals surface area contributed by atoms with Crippen LogP contribution in [0.3, 0.4) is 0 Å². The van der Waals surface area contributed by atoms with Gasteiger partial charge in [-0.1, -0.05) is 11.8 Å². The maximum absolute atomic E-state index is 12.3. The Morgan fingerprint density at radius 1 is 1.41 bits per heavy atom. The van der Waals surface area contributed by atoms with Crippen LogP contribution in [0.25, 0.3) is 0 Å². The van der Waals surface area contributed by atoms with Crippen LogP contribution in [0.1, 0.15) is 38.5 Å². The van der Waals surface area contributed by atoms with Gasteiger partial charge in [-0.15, -0.1) is 5.10 Å². The maximum atomic E-state index is 12.3. The number of methoxy groups -OCH3 is 1. The molecule has 0 saturated heterocycles. The van der Waals surface area contributed by atoms with Crippen molar-refractivity contribution in [3.63, 3.8) is 0 Å². The average Bonchev–Trinajstić information content (AvgIpc) is 2.96. The first-order chi connectivity index (χ1) is 10.6. The van der Waals surface area contributed by atoms with Crippen molar-refractivity contribution in [2.45, 2.75) is 55.8 Å². The normalized spacial score (nSPS) is 21.8. The fraction of sp³-hybridized carbons (Fsp3) is 0.857. The minimum atomic E-state index is 0.234. The zero-order valence-electron chi connectivity index (χ0n) is 13.6. The van der Waals surface area contributed by atoms with Gasteiger partial charge >= 0.3 is 0 Å². The number of aryl methyl sites for hydroxylation is 1. The molecule has 0 atom stereocenters. The summed E-state index contributed by atoms with van der Waals surface area (Å²) in [5.41, 5.74) is 0. The number of carbonyl (C=O) groups excluding carboxylic acids is 1. The van der Waals surface area contributed by atoms with E-state index in [1.165, 1.54) is 0 Å². The van der Waals surface area contributed by atoms with Crippen LogP contribution in [0.4, 0.5) is 0 Å². The summed E-state index contributed by atoms with van der Waals surface area (Å²) in [7, 11) is 5.52. The highest BCUT2D eigenvalue weighted by atomic mass is 32.2. The summed E-state index contributed by atoms with van der Waals surface area (Å²) < 4.78 is 7.03. The van der Waals surface area contributed by atoms with Crippen molar-refractivity contribution in [3.05, 3.63) is 0 Å². The van der Waals surface area contributed by atoms with Gasteiger partial charge in [0.15, 0.2) is 0 Å². The quantitative estimate of drug-likeness (QED) is 0.558. The van der Waals surface area contributed by atoms with Crippen LogP contribution in [0.2, 0.25) is 0 Å². The molecule has 0 unspecified atom stereocenters. The van der Waals surface area contributed by atoms with E-state index in [1.54, 1.807) is 23.6 Å². The molecular weight excluding hydrogens is 302 g/mol. The second-order valence-corrected chi connectivity index (χ2v) is 6.77. The standard InChI is InChI=1S/C14H25N5O2S/c1-18(11-6-8-12(21-3)9-7-11)13(20)5-4-10-22-14-15-16-17-19(14)2/h11-12H,4-10H2,1-3H3. The largest absolute Gasteiger partial charge is 0.381 e. The van der Waals surface area contributed by atoms with E-state index in [0.717, 1.165) is 43.0 Å². The number of tetrazole rings is 1. The Balaban J connectivity index is 1.65. The molecule has 2 rings (SSSR count). The number of nitrogens with zero attached hydrogens (tertiary/aromatic N) is 5. The molecule has 7 nitrogen and oxygen atoms in total. The molecule has 0 bridgehead atoms. The van der Waals surface area contributed by atoms with Crippen molar-refractivity contribution in [3.8, 4) is 0 Å². The van der Waals surface area contributed by atoms with Crippen LogP contribution < -0.4 is 0 Å². The maximum Gasteiger partial charge on any atom is 0.222 e. The van der Waals surface area contributed by atoms with Gasteiger partial charge in [-0.25, -0.2) is 4.68 Å². The van der Waals surface area contributed by atoms with E-state index in [1.807, 2.05) is 19.0 Å². The van der Waals surface area contributed by atoms with Crippen molar-refractivity contribution < 1.29 is 9.53 Å². The number of aromatic nitrogens is 4. The van der Waals surface area contributed by atoms with Crippen LogP contribution in [0.15, 0.2) is 5.16 Å². The minimum absolute atomic E-state index is 0.234. The fourth-order valence-corrected chi connectivity index (χ4v) is 3.57. The molecule has 0 aromatic carbocycles. The van der Waals surface area contributed by atoms with E-state index in [9.17, 15) is 4.79 Å². The highest BCUT2D eigenvalue weighted by Crippen LogP contribution is 2.24. The van der Waals surface area contributed by atoms with Gasteiger partial charge in [0, 0.05) is 39.4 Å². The molecular formula is C14H25N5O2S. The number of thioether (sulfide) groups is 1. The summed E-state index contributed by atoms with van der Waals surface area (Å²) in [6, 6.07) is 0.370. The van der Waals surface area contributed by atoms with Crippen molar-refractivity contribution in [1.29, 1.82) is 0 Å². The predicted molar refractivity (Wildman–Crippen MR) is 84.6 cm³/mol. The third kappa shape index (κ3) is 4.67. The molecule has 1 amide bonds. The van der Waals surface area contributed by atoms with Gasteiger partial charge in [0.25, 0.3) is 0 Å². The van der Waals surface area contributed by atoms with Crippen LogP contribution in [-0.4, -0.2) is 63.1 Å². The van der Waals surface area contributed by atoms with Gasteiger partial charge < -0.3 is 9.64 Å². The average molecular weight is 327 g/mol. The van der Waals surface area contributed by atoms with Crippen LogP contribution in [0.5, 0.6) is 0 Å². The summed E-state index contributed by atoms with van der Waals surface area (Å²) in [6.07, 6.45) is 5.98. The molecule has 1 heterocycles. The van der Waals surface area contributed by atoms with Crippen molar-refractivity contribution in [2.24, 2.45) is 7.05 Å². The molecule has 0 radical (unpaired) electrons. The molecule has 124 valence electrons. The number of rotatable bonds is 7. The first-order valence-electron chi connectivity index (χ1n) is 7.75. The molecule has 1 aliphatic carbocycles. The minimum Gasteiger partial charge on any atom is -0.381 e. The summed E-state index contributed by atoms with van der Waals surface area (Å²) in [4.78, 5) is 14.2. The van der Waals surface area contributed by atoms with Crippen molar-refractivity contribution >= 4 is 17.7 Å². The van der Waals surface area contributed by atoms with E-state index in [2.05, 4.69) is 15.5 Å². The lowest BCUT2D eigenvalue weighted by Crippen LogP contribution is -2.40. The van der Waals surface area contributed by atoms with Crippen LogP contribution >= 0.6 is 11.8 Å². The third-order valence-corrected chi connectivity index (χ3v) is 5.36. The molecule has 8 heteroatoms. The zero-order valence-corrected chi connectivity index (χ0v) is 14.4. The third-order valence-electron chi connectivity index (χ3n) is 4.27. The molecule has 1 fully saturated rings. The molecule has 1 aliphatic rings. The topological polar surface area (TPSA) is 73.1 Å². The van der Waals surface area contributed by atoms with Gasteiger partial charge in [0.05, 0.1) is 6.10 Å². The van der Waals surface area contributed by atoms with Gasteiger partial charge in [-0.3, -0.25) is 4.79 Å². The lowest BCUT2D eigenvalue weighted by atomic mass is 9.92. The van der Waals surface area contributed by atoms with E-state index in [-0.39, 0.29) is 5.91 Å². The van der Waals surface area contributed by atoms with Gasteiger partial charge in [0.2, 0.25) is 11.1 Å². The molecule has 0 N–H and O–H groups in total. The van der Waals surface area contributed by atoms with Crippen molar-refractivity contribution in [2.75, 3.05) is 19.9 Å². The SMILES string of the molecule is COC1CCC(N(C)C(=O)CCCSc2nnnn2C)CC1. The predicted octanol–water partition coefficient (Wildman–Crippen LogP) is 1.50. The number of amides is 1. The Morgan fingerprint density at radius 3 is 2.73 bits per heavy atom. The van der Waals surface area contributed by atoms with Gasteiger partial charge in [0.1, 0.15) is 0 Å². The second-order valence-electron chi connectivity index (χ2n) is 5.71. The van der Waals surface area contributed by atoms with E-state index >= 15 is 0 Å². The number of carbonyl (C=O) groups is 1. The molecule has 1 aromatic heterocycles. The fourth-order valence-electron chi connectivity index (χ4n) is 2.78. The molecule has 0 aliphatic heterocycles. The van der Waals surface area contributed by atoms with Gasteiger partial charge in [-0.05, 0) is 42.5 Å². The van der Waals surface area contributed by atoms with Crippen LogP contribution in [0, 0.1) is 0 Å². The van der Waals surface area contributed by atoms with E-state index in [4.69, 9.17) is 4.74 Å². The smallest absolute Gasteiger partial charge is 0.222 e. The number of ether oxygens (including phenoxy) is 1. The first-order valence-corrected chi connectivity index (χ1v) is 8.74. The number of hydrogen-bond donors (Lipinski definition) is 0. The highest BCUT2D eigenvalue weighted by molar-refractivity contribution is 7.99. The Hall–Kier alpha value is -1.15. The molecule has 1 aromatic rings. The molecule has 1 saturated carbocycles. The monoisotopic (exact) mass is 327 g/mol. The zero-order chi connectivity index (χ0) is 15.9. The number of hydrogen-bond acceptors (Lipinski definition) is 6. The molecule has 22 heavy (non-hydrogen) atoms. The summed E-state index contributed by atoms with van der Waals surface area (Å²) >= 11 is 1.59. The lowest BCUT2D eigenvalue weighted by molar-refractivity contribution is -0.133. The Morgan fingerprint density at radius 2 is 2.14 bits per heavy atom. The van der Waals surface area contributed by atoms with Crippen LogP contribution in [-0.2, 0) is 16.6 Å². The van der Waals surface area contributed by atoms with Gasteiger partial charge in [-0.2, -0.15) is 0 Å². The Labute approximate surface area is 135 Å². The van der Waals surface area contributed by atoms with E-state index in [0.29, 0.717) is 18.6 Å². The van der Waals surface area contributed by atoms with E-state index < -0.39 is 0 Å². The summed E-state index contributed by atoms with van der Waals surface area (Å²) in [5, 5.41) is 12.1. The van der Waals surface area contributed by atoms with Crippen molar-refractivity contribution in [1.82, 2.24) is 25.1 Å².